The van der Waals surface area contributed by atoms with E-state index >= 15 is 0 Å². The molecule has 0 N–H and O–H groups in total. The van der Waals surface area contributed by atoms with Crippen LogP contribution >= 0.6 is 0 Å². The van der Waals surface area contributed by atoms with Crippen molar-refractivity contribution in [3.63, 3.8) is 0 Å². The minimum Gasteiger partial charge on any atom is -0.490 e. The molecule has 1 saturated heterocycles. The molecule has 1 amide bonds. The lowest BCUT2D eigenvalue weighted by atomic mass is 10.1. The predicted molar refractivity (Wildman–Crippen MR) is 111 cm³/mol. The first kappa shape index (κ1) is 20.8. The van der Waals surface area contributed by atoms with Crippen LogP contribution in [0, 0.1) is 5.82 Å². The Kier molecular flexibility index (Phi) is 6.16. The highest BCUT2D eigenvalue weighted by Crippen LogP contribution is 2.32. The van der Waals surface area contributed by atoms with Crippen LogP contribution in [0.3, 0.4) is 0 Å². The number of rotatable bonds is 8. The van der Waals surface area contributed by atoms with Gasteiger partial charge in [0.1, 0.15) is 5.82 Å². The molecule has 1 atom stereocenters. The highest BCUT2D eigenvalue weighted by molar-refractivity contribution is 5.79. The van der Waals surface area contributed by atoms with Crippen molar-refractivity contribution in [3.05, 3.63) is 59.7 Å². The number of benzene rings is 2. The van der Waals surface area contributed by atoms with E-state index in [9.17, 15) is 9.18 Å². The van der Waals surface area contributed by atoms with Crippen LogP contribution in [0.15, 0.2) is 47.0 Å². The molecule has 7 nitrogen and oxygen atoms in total. The molecule has 1 unspecified atom stereocenters. The molecule has 8 heteroatoms. The number of carbonyl (C=O) groups excluding carboxylic acids is 1. The van der Waals surface area contributed by atoms with Crippen molar-refractivity contribution in [3.8, 4) is 23.0 Å². The highest BCUT2D eigenvalue weighted by atomic mass is 19.1. The van der Waals surface area contributed by atoms with E-state index in [1.54, 1.807) is 17.0 Å². The molecule has 31 heavy (non-hydrogen) atoms. The second-order valence-corrected chi connectivity index (χ2v) is 7.29. The number of halogens is 1. The lowest BCUT2D eigenvalue weighted by Gasteiger charge is -2.18. The van der Waals surface area contributed by atoms with Gasteiger partial charge < -0.3 is 18.9 Å². The fourth-order valence-electron chi connectivity index (χ4n) is 3.65. The van der Waals surface area contributed by atoms with Crippen LogP contribution in [0.1, 0.15) is 37.6 Å². The van der Waals surface area contributed by atoms with E-state index in [1.165, 1.54) is 12.1 Å². The fraction of sp³-hybridized carbons (Fsp3) is 0.348. The highest BCUT2D eigenvalue weighted by Gasteiger charge is 2.34. The molecule has 2 aromatic carbocycles. The van der Waals surface area contributed by atoms with E-state index in [4.69, 9.17) is 14.0 Å². The molecule has 0 aliphatic carbocycles. The number of ether oxygens (including phenoxy) is 2. The zero-order chi connectivity index (χ0) is 21.8. The number of hydrogen-bond acceptors (Lipinski definition) is 6. The molecular formula is C23H24FN3O4. The van der Waals surface area contributed by atoms with Gasteiger partial charge in [0.25, 0.3) is 5.89 Å². The molecule has 0 bridgehead atoms. The van der Waals surface area contributed by atoms with Crippen molar-refractivity contribution in [2.75, 3.05) is 19.8 Å². The van der Waals surface area contributed by atoms with E-state index in [0.29, 0.717) is 55.6 Å². The summed E-state index contributed by atoms with van der Waals surface area (Å²) < 4.78 is 30.0. The fourth-order valence-corrected chi connectivity index (χ4v) is 3.65. The van der Waals surface area contributed by atoms with Gasteiger partial charge in [-0.25, -0.2) is 4.39 Å². The average molecular weight is 425 g/mol. The monoisotopic (exact) mass is 425 g/mol. The number of nitrogens with zero attached hydrogens (tertiary/aromatic N) is 3. The quantitative estimate of drug-likeness (QED) is 0.539. The Bertz CT molecular complexity index is 1070. The van der Waals surface area contributed by atoms with Gasteiger partial charge in [0.05, 0.1) is 13.2 Å². The molecule has 0 saturated carbocycles. The van der Waals surface area contributed by atoms with E-state index in [2.05, 4.69) is 10.1 Å². The van der Waals surface area contributed by atoms with Crippen LogP contribution in [-0.4, -0.2) is 40.7 Å². The first-order valence-corrected chi connectivity index (χ1v) is 10.3. The minimum atomic E-state index is -0.374. The van der Waals surface area contributed by atoms with E-state index < -0.39 is 0 Å². The van der Waals surface area contributed by atoms with Gasteiger partial charge in [-0.1, -0.05) is 17.3 Å². The molecule has 162 valence electrons. The topological polar surface area (TPSA) is 77.7 Å². The van der Waals surface area contributed by atoms with Crippen molar-refractivity contribution in [1.29, 1.82) is 0 Å². The molecule has 1 aliphatic heterocycles. The summed E-state index contributed by atoms with van der Waals surface area (Å²) in [5, 5.41) is 4.03. The predicted octanol–water partition coefficient (Wildman–Crippen LogP) is 4.19. The van der Waals surface area contributed by atoms with Gasteiger partial charge in [-0.2, -0.15) is 4.98 Å². The summed E-state index contributed by atoms with van der Waals surface area (Å²) in [5.74, 6) is 1.53. The van der Waals surface area contributed by atoms with Crippen molar-refractivity contribution in [2.45, 2.75) is 32.7 Å². The van der Waals surface area contributed by atoms with Crippen LogP contribution in [0.5, 0.6) is 11.5 Å². The molecule has 2 heterocycles. The SMILES string of the molecule is CCOc1ccc(CN2CC(c3noc(-c4cccc(F)c4)n3)CC2=O)cc1OCC. The molecule has 3 aromatic rings. The number of amides is 1. The van der Waals surface area contributed by atoms with Gasteiger partial charge in [0, 0.05) is 31.0 Å². The van der Waals surface area contributed by atoms with Crippen molar-refractivity contribution in [1.82, 2.24) is 15.0 Å². The van der Waals surface area contributed by atoms with E-state index in [0.717, 1.165) is 5.56 Å². The van der Waals surface area contributed by atoms with Gasteiger partial charge in [0.15, 0.2) is 17.3 Å². The minimum absolute atomic E-state index is 0.0222. The lowest BCUT2D eigenvalue weighted by Crippen LogP contribution is -2.24. The van der Waals surface area contributed by atoms with Gasteiger partial charge in [-0.15, -0.1) is 0 Å². The normalized spacial score (nSPS) is 16.0. The maximum atomic E-state index is 13.5. The van der Waals surface area contributed by atoms with Gasteiger partial charge in [-0.3, -0.25) is 4.79 Å². The third-order valence-corrected chi connectivity index (χ3v) is 5.07. The molecule has 1 aliphatic rings. The summed E-state index contributed by atoms with van der Waals surface area (Å²) in [6, 6.07) is 11.7. The zero-order valence-corrected chi connectivity index (χ0v) is 17.5. The maximum Gasteiger partial charge on any atom is 0.258 e. The third-order valence-electron chi connectivity index (χ3n) is 5.07. The number of hydrogen-bond donors (Lipinski definition) is 0. The second kappa shape index (κ2) is 9.16. The summed E-state index contributed by atoms with van der Waals surface area (Å²) in [7, 11) is 0. The number of aromatic nitrogens is 2. The van der Waals surface area contributed by atoms with Gasteiger partial charge in [-0.05, 0) is 49.7 Å². The van der Waals surface area contributed by atoms with Gasteiger partial charge >= 0.3 is 0 Å². The molecule has 0 radical (unpaired) electrons. The lowest BCUT2D eigenvalue weighted by molar-refractivity contribution is -0.128. The summed E-state index contributed by atoms with van der Waals surface area (Å²) in [4.78, 5) is 18.8. The molecule has 1 fully saturated rings. The van der Waals surface area contributed by atoms with Gasteiger partial charge in [0.2, 0.25) is 5.91 Å². The molecular weight excluding hydrogens is 401 g/mol. The Labute approximate surface area is 179 Å². The summed E-state index contributed by atoms with van der Waals surface area (Å²) in [6.45, 7) is 5.85. The Morgan fingerprint density at radius 1 is 1.13 bits per heavy atom. The number of likely N-dealkylation sites (tertiary alicyclic amines) is 1. The van der Waals surface area contributed by atoms with Crippen LogP contribution in [0.2, 0.25) is 0 Å². The van der Waals surface area contributed by atoms with Crippen LogP contribution in [-0.2, 0) is 11.3 Å². The molecule has 4 rings (SSSR count). The smallest absolute Gasteiger partial charge is 0.258 e. The molecule has 0 spiro atoms. The van der Waals surface area contributed by atoms with Crippen LogP contribution < -0.4 is 9.47 Å². The Hall–Kier alpha value is -3.42. The third kappa shape index (κ3) is 4.68. The van der Waals surface area contributed by atoms with Crippen molar-refractivity contribution < 1.29 is 23.2 Å². The average Bonchev–Trinajstić information content (AvgIpc) is 3.38. The molecule has 1 aromatic heterocycles. The Morgan fingerprint density at radius 2 is 1.94 bits per heavy atom. The summed E-state index contributed by atoms with van der Waals surface area (Å²) in [6.07, 6.45) is 0.303. The van der Waals surface area contributed by atoms with Crippen molar-refractivity contribution in [2.24, 2.45) is 0 Å². The summed E-state index contributed by atoms with van der Waals surface area (Å²) in [5.41, 5.74) is 1.47. The first-order chi connectivity index (χ1) is 15.1. The number of carbonyl (C=O) groups is 1. The van der Waals surface area contributed by atoms with Crippen molar-refractivity contribution >= 4 is 5.91 Å². The Balaban J connectivity index is 1.46. The van der Waals surface area contributed by atoms with Crippen LogP contribution in [0.25, 0.3) is 11.5 Å². The second-order valence-electron chi connectivity index (χ2n) is 7.29. The standard InChI is InChI=1S/C23H24FN3O4/c1-3-29-19-9-8-15(10-20(19)30-4-2)13-27-14-17(12-21(27)28)22-25-23(31-26-22)16-6-5-7-18(24)11-16/h5-11,17H,3-4,12-14H2,1-2H3. The van der Waals surface area contributed by atoms with Crippen LogP contribution in [0.4, 0.5) is 4.39 Å². The largest absolute Gasteiger partial charge is 0.490 e. The maximum absolute atomic E-state index is 13.5. The first-order valence-electron chi connectivity index (χ1n) is 10.3. The van der Waals surface area contributed by atoms with E-state index in [-0.39, 0.29) is 23.5 Å². The van der Waals surface area contributed by atoms with E-state index in [1.807, 2.05) is 32.0 Å². The zero-order valence-electron chi connectivity index (χ0n) is 17.5. The summed E-state index contributed by atoms with van der Waals surface area (Å²) >= 11 is 0. The Morgan fingerprint density at radius 3 is 2.71 bits per heavy atom.